The summed E-state index contributed by atoms with van der Waals surface area (Å²) in [6.45, 7) is 5.62. The number of aliphatic imine (C=N–C) groups is 1. The smallest absolute Gasteiger partial charge is 0.222 e. The monoisotopic (exact) mass is 370 g/mol. The Labute approximate surface area is 159 Å². The van der Waals surface area contributed by atoms with E-state index in [1.807, 2.05) is 26.0 Å². The van der Waals surface area contributed by atoms with Crippen molar-refractivity contribution in [1.82, 2.24) is 10.6 Å². The maximum absolute atomic E-state index is 13.0. The molecule has 2 aromatic rings. The van der Waals surface area contributed by atoms with Gasteiger partial charge < -0.3 is 16.4 Å². The Morgan fingerprint density at radius 2 is 1.70 bits per heavy atom. The summed E-state index contributed by atoms with van der Waals surface area (Å²) in [4.78, 5) is 16.4. The number of carbonyl (C=O) groups excluding carboxylic acids is 1. The predicted octanol–water partition coefficient (Wildman–Crippen LogP) is 2.53. The van der Waals surface area contributed by atoms with Gasteiger partial charge >= 0.3 is 0 Å². The van der Waals surface area contributed by atoms with E-state index in [1.165, 1.54) is 17.7 Å². The Balaban J connectivity index is 1.98. The zero-order chi connectivity index (χ0) is 19.6. The summed E-state index contributed by atoms with van der Waals surface area (Å²) in [6, 6.07) is 14.3. The summed E-state index contributed by atoms with van der Waals surface area (Å²) in [7, 11) is 0. The fourth-order valence-corrected chi connectivity index (χ4v) is 2.60. The number of halogens is 1. The quantitative estimate of drug-likeness (QED) is 0.493. The Morgan fingerprint density at radius 3 is 2.30 bits per heavy atom. The topological polar surface area (TPSA) is 79.5 Å². The molecule has 6 heteroatoms. The number of carbonyl (C=O) groups is 1. The number of nitrogens with zero attached hydrogens (tertiary/aromatic N) is 1. The summed E-state index contributed by atoms with van der Waals surface area (Å²) in [5, 5.41) is 6.35. The molecular formula is C21H27FN4O. The van der Waals surface area contributed by atoms with Crippen LogP contribution in [-0.4, -0.2) is 25.0 Å². The van der Waals surface area contributed by atoms with Crippen molar-refractivity contribution in [1.29, 1.82) is 0 Å². The highest BCUT2D eigenvalue weighted by Crippen LogP contribution is 2.10. The van der Waals surface area contributed by atoms with E-state index in [1.54, 1.807) is 12.1 Å². The summed E-state index contributed by atoms with van der Waals surface area (Å²) in [5.74, 6) is -0.492. The molecule has 0 saturated carbocycles. The molecule has 0 saturated heterocycles. The molecular weight excluding hydrogens is 343 g/mol. The number of guanidine groups is 1. The van der Waals surface area contributed by atoms with Crippen molar-refractivity contribution in [3.63, 3.8) is 0 Å². The van der Waals surface area contributed by atoms with Crippen molar-refractivity contribution in [3.05, 3.63) is 71.0 Å². The minimum atomic E-state index is -0.418. The van der Waals surface area contributed by atoms with Gasteiger partial charge in [-0.15, -0.1) is 0 Å². The van der Waals surface area contributed by atoms with Gasteiger partial charge in [0.2, 0.25) is 5.91 Å². The van der Waals surface area contributed by atoms with Crippen LogP contribution in [0.2, 0.25) is 0 Å². The summed E-state index contributed by atoms with van der Waals surface area (Å²) >= 11 is 0. The van der Waals surface area contributed by atoms with Gasteiger partial charge in [-0.05, 0) is 43.5 Å². The molecule has 0 aliphatic rings. The summed E-state index contributed by atoms with van der Waals surface area (Å²) in [6.07, 6.45) is 0.444. The van der Waals surface area contributed by atoms with Crippen LogP contribution in [0.1, 0.15) is 23.6 Å². The number of amides is 1. The van der Waals surface area contributed by atoms with Crippen LogP contribution in [0.3, 0.4) is 0 Å². The number of nitrogens with two attached hydrogens (primary N) is 1. The van der Waals surface area contributed by atoms with Gasteiger partial charge in [-0.1, -0.05) is 42.0 Å². The molecule has 2 aromatic carbocycles. The molecule has 5 nitrogen and oxygen atoms in total. The maximum Gasteiger partial charge on any atom is 0.222 e. The first-order valence-electron chi connectivity index (χ1n) is 9.09. The zero-order valence-corrected chi connectivity index (χ0v) is 15.8. The Hall–Kier alpha value is -2.89. The lowest BCUT2D eigenvalue weighted by Crippen LogP contribution is -2.43. The lowest BCUT2D eigenvalue weighted by atomic mass is 9.98. The number of hydrogen-bond acceptors (Lipinski definition) is 2. The number of nitrogens with one attached hydrogen (secondary N) is 2. The van der Waals surface area contributed by atoms with E-state index in [4.69, 9.17) is 5.73 Å². The number of aryl methyl sites for hydroxylation is 1. The predicted molar refractivity (Wildman–Crippen MR) is 107 cm³/mol. The molecule has 0 aliphatic carbocycles. The van der Waals surface area contributed by atoms with E-state index in [9.17, 15) is 9.18 Å². The van der Waals surface area contributed by atoms with E-state index in [-0.39, 0.29) is 5.82 Å². The normalized spacial score (nSPS) is 12.5. The fourth-order valence-electron chi connectivity index (χ4n) is 2.60. The van der Waals surface area contributed by atoms with Crippen molar-refractivity contribution in [2.75, 3.05) is 13.1 Å². The lowest BCUT2D eigenvalue weighted by Gasteiger charge is -2.17. The Morgan fingerprint density at radius 1 is 1.07 bits per heavy atom. The average molecular weight is 370 g/mol. The molecule has 1 unspecified atom stereocenters. The summed E-state index contributed by atoms with van der Waals surface area (Å²) in [5.41, 5.74) is 8.72. The van der Waals surface area contributed by atoms with Crippen LogP contribution < -0.4 is 16.4 Å². The molecule has 0 heterocycles. The van der Waals surface area contributed by atoms with Gasteiger partial charge in [0, 0.05) is 13.1 Å². The van der Waals surface area contributed by atoms with Gasteiger partial charge in [-0.25, -0.2) is 9.38 Å². The largest absolute Gasteiger partial charge is 0.369 e. The molecule has 0 spiro atoms. The van der Waals surface area contributed by atoms with Gasteiger partial charge in [0.15, 0.2) is 5.96 Å². The first-order chi connectivity index (χ1) is 13.0. The Kier molecular flexibility index (Phi) is 7.79. The van der Waals surface area contributed by atoms with Gasteiger partial charge in [0.05, 0.1) is 12.5 Å². The van der Waals surface area contributed by atoms with E-state index in [0.717, 1.165) is 11.1 Å². The average Bonchev–Trinajstić information content (AvgIpc) is 2.65. The SMILES string of the molecule is CCNC(=NCc1ccc(C)cc1)NCC(Cc1ccc(F)cc1)C(N)=O. The van der Waals surface area contributed by atoms with Crippen LogP contribution in [0, 0.1) is 18.7 Å². The highest BCUT2D eigenvalue weighted by Gasteiger charge is 2.16. The summed E-state index contributed by atoms with van der Waals surface area (Å²) < 4.78 is 13.0. The molecule has 27 heavy (non-hydrogen) atoms. The lowest BCUT2D eigenvalue weighted by molar-refractivity contribution is -0.121. The number of rotatable bonds is 8. The minimum Gasteiger partial charge on any atom is -0.369 e. The molecule has 4 N–H and O–H groups in total. The highest BCUT2D eigenvalue weighted by atomic mass is 19.1. The third-order valence-corrected chi connectivity index (χ3v) is 4.20. The molecule has 0 aromatic heterocycles. The number of primary amides is 1. The minimum absolute atomic E-state index is 0.301. The van der Waals surface area contributed by atoms with E-state index in [2.05, 4.69) is 27.8 Å². The molecule has 0 aliphatic heterocycles. The molecule has 0 radical (unpaired) electrons. The first-order valence-corrected chi connectivity index (χ1v) is 9.09. The van der Waals surface area contributed by atoms with Gasteiger partial charge in [-0.2, -0.15) is 0 Å². The van der Waals surface area contributed by atoms with Crippen molar-refractivity contribution < 1.29 is 9.18 Å². The molecule has 1 atom stereocenters. The molecule has 0 fully saturated rings. The second-order valence-corrected chi connectivity index (χ2v) is 6.49. The van der Waals surface area contributed by atoms with Crippen LogP contribution in [0.5, 0.6) is 0 Å². The maximum atomic E-state index is 13.0. The zero-order valence-electron chi connectivity index (χ0n) is 15.8. The van der Waals surface area contributed by atoms with E-state index >= 15 is 0 Å². The van der Waals surface area contributed by atoms with Crippen LogP contribution in [0.4, 0.5) is 4.39 Å². The first kappa shape index (κ1) is 20.4. The highest BCUT2D eigenvalue weighted by molar-refractivity contribution is 5.81. The fraction of sp³-hybridized carbons (Fsp3) is 0.333. The standard InChI is InChI=1S/C21H27FN4O/c1-3-24-21(25-13-17-6-4-15(2)5-7-17)26-14-18(20(23)27)12-16-8-10-19(22)11-9-16/h4-11,18H,3,12-14H2,1-2H3,(H2,23,27)(H2,24,25,26). The van der Waals surface area contributed by atoms with Crippen molar-refractivity contribution in [3.8, 4) is 0 Å². The van der Waals surface area contributed by atoms with Gasteiger partial charge in [0.1, 0.15) is 5.82 Å². The van der Waals surface area contributed by atoms with E-state index in [0.29, 0.717) is 32.0 Å². The molecule has 144 valence electrons. The van der Waals surface area contributed by atoms with E-state index < -0.39 is 11.8 Å². The molecule has 0 bridgehead atoms. The van der Waals surface area contributed by atoms with Crippen LogP contribution >= 0.6 is 0 Å². The third kappa shape index (κ3) is 7.09. The van der Waals surface area contributed by atoms with Gasteiger partial charge in [-0.3, -0.25) is 4.79 Å². The Bertz CT molecular complexity index is 757. The molecule has 1 amide bonds. The van der Waals surface area contributed by atoms with Crippen LogP contribution in [0.15, 0.2) is 53.5 Å². The van der Waals surface area contributed by atoms with Gasteiger partial charge in [0.25, 0.3) is 0 Å². The van der Waals surface area contributed by atoms with Crippen LogP contribution in [-0.2, 0) is 17.8 Å². The van der Waals surface area contributed by atoms with Crippen molar-refractivity contribution in [2.24, 2.45) is 16.6 Å². The second kappa shape index (κ2) is 10.3. The number of benzene rings is 2. The number of hydrogen-bond donors (Lipinski definition) is 3. The third-order valence-electron chi connectivity index (χ3n) is 4.20. The van der Waals surface area contributed by atoms with Crippen LogP contribution in [0.25, 0.3) is 0 Å². The second-order valence-electron chi connectivity index (χ2n) is 6.49. The molecule has 2 rings (SSSR count). The van der Waals surface area contributed by atoms with Crippen molar-refractivity contribution >= 4 is 11.9 Å². The van der Waals surface area contributed by atoms with Crippen molar-refractivity contribution in [2.45, 2.75) is 26.8 Å².